The fraction of sp³-hybridized carbons (Fsp3) is 0.611. The highest BCUT2D eigenvalue weighted by atomic mass is 16.5. The van der Waals surface area contributed by atoms with Crippen LogP contribution < -0.4 is 4.74 Å². The lowest BCUT2D eigenvalue weighted by Crippen LogP contribution is -2.31. The van der Waals surface area contributed by atoms with Gasteiger partial charge in [-0.25, -0.2) is 0 Å². The highest BCUT2D eigenvalue weighted by Crippen LogP contribution is 2.38. The third kappa shape index (κ3) is 3.29. The number of para-hydroxylation sites is 1. The van der Waals surface area contributed by atoms with Crippen molar-refractivity contribution >= 4 is 5.78 Å². The smallest absolute Gasteiger partial charge is 0.167 e. The van der Waals surface area contributed by atoms with Crippen molar-refractivity contribution in [2.75, 3.05) is 19.6 Å². The van der Waals surface area contributed by atoms with Crippen molar-refractivity contribution in [3.8, 4) is 5.75 Å². The van der Waals surface area contributed by atoms with Crippen molar-refractivity contribution in [1.29, 1.82) is 0 Å². The second-order valence-electron chi connectivity index (χ2n) is 6.91. The van der Waals surface area contributed by atoms with Crippen molar-refractivity contribution in [3.63, 3.8) is 0 Å². The van der Waals surface area contributed by atoms with E-state index in [9.17, 15) is 4.79 Å². The maximum atomic E-state index is 12.6. The van der Waals surface area contributed by atoms with Gasteiger partial charge in [-0.2, -0.15) is 0 Å². The number of fused-ring (bicyclic) bond motifs is 1. The van der Waals surface area contributed by atoms with Crippen LogP contribution in [0.5, 0.6) is 5.75 Å². The number of ether oxygens (including phenoxy) is 1. The van der Waals surface area contributed by atoms with Crippen LogP contribution in [-0.2, 0) is 6.42 Å². The summed E-state index contributed by atoms with van der Waals surface area (Å²) in [4.78, 5) is 15.0. The Bertz CT molecular complexity index is 530. The van der Waals surface area contributed by atoms with E-state index in [0.717, 1.165) is 37.4 Å². The van der Waals surface area contributed by atoms with E-state index in [1.165, 1.54) is 24.8 Å². The van der Waals surface area contributed by atoms with E-state index in [1.54, 1.807) is 0 Å². The van der Waals surface area contributed by atoms with Crippen molar-refractivity contribution in [2.45, 2.75) is 51.6 Å². The number of likely N-dealkylation sites (tertiary alicyclic amines) is 1. The Kier molecular flexibility index (Phi) is 4.03. The number of hydrogen-bond acceptors (Lipinski definition) is 3. The maximum absolute atomic E-state index is 12.6. The van der Waals surface area contributed by atoms with Crippen LogP contribution in [0.2, 0.25) is 0 Å². The molecule has 1 aromatic rings. The summed E-state index contributed by atoms with van der Waals surface area (Å²) in [5.41, 5.74) is 1.75. The molecule has 0 saturated carbocycles. The summed E-state index contributed by atoms with van der Waals surface area (Å²) in [7, 11) is 0. The molecule has 0 spiro atoms. The monoisotopic (exact) mass is 287 g/mol. The average molecular weight is 287 g/mol. The number of nitrogens with zero attached hydrogens (tertiary/aromatic N) is 1. The Morgan fingerprint density at radius 2 is 2.00 bits per heavy atom. The largest absolute Gasteiger partial charge is 0.486 e. The molecule has 0 bridgehead atoms. The molecule has 0 radical (unpaired) electrons. The molecule has 0 unspecified atom stereocenters. The molecule has 2 aliphatic heterocycles. The standard InChI is InChI=1S/C18H25NO2/c1-18(2)13-14-7-6-8-15(17(14)21-18)16(20)9-12-19-10-4-3-5-11-19/h6-8H,3-5,9-13H2,1-2H3. The van der Waals surface area contributed by atoms with Crippen molar-refractivity contribution in [3.05, 3.63) is 29.3 Å². The first kappa shape index (κ1) is 14.6. The van der Waals surface area contributed by atoms with Gasteiger partial charge in [-0.1, -0.05) is 18.6 Å². The normalized spacial score (nSPS) is 20.9. The molecule has 2 aliphatic rings. The molecular weight excluding hydrogens is 262 g/mol. The third-order valence-electron chi connectivity index (χ3n) is 4.50. The fourth-order valence-corrected chi connectivity index (χ4v) is 3.41. The average Bonchev–Trinajstić information content (AvgIpc) is 2.79. The van der Waals surface area contributed by atoms with Crippen LogP contribution in [0.15, 0.2) is 18.2 Å². The Morgan fingerprint density at radius 3 is 2.76 bits per heavy atom. The zero-order valence-corrected chi connectivity index (χ0v) is 13.2. The Morgan fingerprint density at radius 1 is 1.24 bits per heavy atom. The summed E-state index contributed by atoms with van der Waals surface area (Å²) in [6, 6.07) is 5.97. The van der Waals surface area contributed by atoms with Gasteiger partial charge in [0.1, 0.15) is 11.4 Å². The van der Waals surface area contributed by atoms with Gasteiger partial charge >= 0.3 is 0 Å². The van der Waals surface area contributed by atoms with Crippen LogP contribution in [0.4, 0.5) is 0 Å². The van der Waals surface area contributed by atoms with Crippen molar-refractivity contribution in [1.82, 2.24) is 4.90 Å². The molecule has 114 valence electrons. The van der Waals surface area contributed by atoms with Crippen LogP contribution in [0, 0.1) is 0 Å². The van der Waals surface area contributed by atoms with E-state index >= 15 is 0 Å². The summed E-state index contributed by atoms with van der Waals surface area (Å²) in [6.45, 7) is 7.32. The number of rotatable bonds is 4. The highest BCUT2D eigenvalue weighted by molar-refractivity contribution is 5.99. The number of benzene rings is 1. The van der Waals surface area contributed by atoms with E-state index in [2.05, 4.69) is 24.8 Å². The molecule has 3 heteroatoms. The second kappa shape index (κ2) is 5.80. The molecular formula is C18H25NO2. The summed E-state index contributed by atoms with van der Waals surface area (Å²) in [6.07, 6.45) is 5.35. The third-order valence-corrected chi connectivity index (χ3v) is 4.50. The van der Waals surface area contributed by atoms with Crippen LogP contribution in [0.1, 0.15) is 55.5 Å². The van der Waals surface area contributed by atoms with Gasteiger partial charge in [0.05, 0.1) is 5.56 Å². The van der Waals surface area contributed by atoms with Crippen LogP contribution >= 0.6 is 0 Å². The van der Waals surface area contributed by atoms with Gasteiger partial charge in [0.25, 0.3) is 0 Å². The summed E-state index contributed by atoms with van der Waals surface area (Å²) in [5.74, 6) is 1.04. The lowest BCUT2D eigenvalue weighted by Gasteiger charge is -2.26. The second-order valence-corrected chi connectivity index (χ2v) is 6.91. The molecule has 0 amide bonds. The van der Waals surface area contributed by atoms with Gasteiger partial charge in [-0.3, -0.25) is 4.79 Å². The Balaban J connectivity index is 1.67. The zero-order chi connectivity index (χ0) is 14.9. The van der Waals surface area contributed by atoms with E-state index in [4.69, 9.17) is 4.74 Å². The minimum Gasteiger partial charge on any atom is -0.486 e. The molecule has 0 N–H and O–H groups in total. The number of hydrogen-bond donors (Lipinski definition) is 0. The van der Waals surface area contributed by atoms with Crippen LogP contribution in [-0.4, -0.2) is 35.9 Å². The van der Waals surface area contributed by atoms with Crippen molar-refractivity contribution < 1.29 is 9.53 Å². The summed E-state index contributed by atoms with van der Waals surface area (Å²) in [5, 5.41) is 0. The molecule has 21 heavy (non-hydrogen) atoms. The number of piperidine rings is 1. The van der Waals surface area contributed by atoms with Crippen LogP contribution in [0.25, 0.3) is 0 Å². The molecule has 3 rings (SSSR count). The Labute approximate surface area is 127 Å². The van der Waals surface area contributed by atoms with Gasteiger partial charge in [0, 0.05) is 19.4 Å². The van der Waals surface area contributed by atoms with Gasteiger partial charge in [0.2, 0.25) is 0 Å². The molecule has 0 atom stereocenters. The van der Waals surface area contributed by atoms with Crippen molar-refractivity contribution in [2.24, 2.45) is 0 Å². The minimum absolute atomic E-state index is 0.189. The first-order valence-corrected chi connectivity index (χ1v) is 8.12. The molecule has 0 aliphatic carbocycles. The molecule has 2 heterocycles. The van der Waals surface area contributed by atoms with E-state index < -0.39 is 0 Å². The molecule has 1 fully saturated rings. The predicted octanol–water partition coefficient (Wildman–Crippen LogP) is 3.46. The Hall–Kier alpha value is -1.35. The number of Topliss-reactive ketones (excluding diaryl/α,β-unsaturated/α-hetero) is 1. The quantitative estimate of drug-likeness (QED) is 0.794. The topological polar surface area (TPSA) is 29.5 Å². The van der Waals surface area contributed by atoms with Crippen LogP contribution in [0.3, 0.4) is 0 Å². The first-order valence-electron chi connectivity index (χ1n) is 8.12. The SMILES string of the molecule is CC1(C)Cc2cccc(C(=O)CCN3CCCCC3)c2O1. The zero-order valence-electron chi connectivity index (χ0n) is 13.2. The molecule has 0 aromatic heterocycles. The number of ketones is 1. The molecule has 1 aromatic carbocycles. The summed E-state index contributed by atoms with van der Waals surface area (Å²) < 4.78 is 6.00. The summed E-state index contributed by atoms with van der Waals surface area (Å²) >= 11 is 0. The first-order chi connectivity index (χ1) is 10.1. The van der Waals surface area contributed by atoms with Gasteiger partial charge in [-0.15, -0.1) is 0 Å². The van der Waals surface area contributed by atoms with E-state index in [0.29, 0.717) is 6.42 Å². The number of carbonyl (C=O) groups is 1. The van der Waals surface area contributed by atoms with Gasteiger partial charge in [0.15, 0.2) is 5.78 Å². The lowest BCUT2D eigenvalue weighted by atomic mass is 9.98. The predicted molar refractivity (Wildman–Crippen MR) is 84.1 cm³/mol. The lowest BCUT2D eigenvalue weighted by molar-refractivity contribution is 0.0945. The van der Waals surface area contributed by atoms with E-state index in [1.807, 2.05) is 12.1 Å². The highest BCUT2D eigenvalue weighted by Gasteiger charge is 2.32. The maximum Gasteiger partial charge on any atom is 0.167 e. The van der Waals surface area contributed by atoms with Gasteiger partial charge in [-0.05, 0) is 51.4 Å². The fourth-order valence-electron chi connectivity index (χ4n) is 3.41. The molecule has 1 saturated heterocycles. The minimum atomic E-state index is -0.189. The number of carbonyl (C=O) groups excluding carboxylic acids is 1. The molecule has 3 nitrogen and oxygen atoms in total. The van der Waals surface area contributed by atoms with Gasteiger partial charge < -0.3 is 9.64 Å². The van der Waals surface area contributed by atoms with E-state index in [-0.39, 0.29) is 11.4 Å².